The number of benzene rings is 1. The first kappa shape index (κ1) is 19.4. The van der Waals surface area contributed by atoms with E-state index in [1.54, 1.807) is 7.05 Å². The van der Waals surface area contributed by atoms with Crippen molar-refractivity contribution in [1.29, 1.82) is 0 Å². The first-order valence-electron chi connectivity index (χ1n) is 7.61. The summed E-state index contributed by atoms with van der Waals surface area (Å²) >= 11 is 0. The van der Waals surface area contributed by atoms with Crippen LogP contribution in [0.2, 0.25) is 0 Å². The summed E-state index contributed by atoms with van der Waals surface area (Å²) in [6.45, 7) is 5.36. The number of aryl methyl sites for hydroxylation is 1. The van der Waals surface area contributed by atoms with Crippen LogP contribution >= 0.6 is 0 Å². The maximum absolute atomic E-state index is 11.0. The maximum atomic E-state index is 11.0. The Labute approximate surface area is 139 Å². The van der Waals surface area contributed by atoms with Crippen molar-refractivity contribution in [2.75, 3.05) is 38.8 Å². The number of guanidine groups is 1. The van der Waals surface area contributed by atoms with Crippen LogP contribution in [0.5, 0.6) is 0 Å². The summed E-state index contributed by atoms with van der Waals surface area (Å²) in [5, 5.41) is 6.48. The molecule has 1 aromatic rings. The third-order valence-corrected chi connectivity index (χ3v) is 4.28. The average molecular weight is 341 g/mol. The highest BCUT2D eigenvalue weighted by Crippen LogP contribution is 2.16. The maximum Gasteiger partial charge on any atom is 0.191 e. The zero-order chi connectivity index (χ0) is 17.3. The molecule has 0 bridgehead atoms. The van der Waals surface area contributed by atoms with Gasteiger partial charge in [0.25, 0.3) is 0 Å². The summed E-state index contributed by atoms with van der Waals surface area (Å²) in [5.41, 5.74) is 2.45. The highest BCUT2D eigenvalue weighted by Gasteiger charge is 2.09. The van der Waals surface area contributed by atoms with Gasteiger partial charge in [-0.2, -0.15) is 0 Å². The molecule has 0 amide bonds. The standard InChI is InChI=1S/C16H27N3O3S/c1-13-7-5-6-8-15(13)14(2)19-16(17-3)18-9-10-22-11-12-23(4,20)21/h5-8,14H,9-12H2,1-4H3,(H2,17,18,19). The number of nitrogens with one attached hydrogen (secondary N) is 2. The van der Waals surface area contributed by atoms with Crippen molar-refractivity contribution in [1.82, 2.24) is 10.6 Å². The largest absolute Gasteiger partial charge is 0.379 e. The second-order valence-corrected chi connectivity index (χ2v) is 7.72. The Kier molecular flexibility index (Phi) is 8.05. The minimum absolute atomic E-state index is 0.0459. The zero-order valence-corrected chi connectivity index (χ0v) is 15.1. The molecule has 130 valence electrons. The van der Waals surface area contributed by atoms with Gasteiger partial charge in [0.1, 0.15) is 9.84 Å². The fraction of sp³-hybridized carbons (Fsp3) is 0.562. The van der Waals surface area contributed by atoms with Crippen LogP contribution in [-0.4, -0.2) is 53.2 Å². The molecule has 6 nitrogen and oxygen atoms in total. The summed E-state index contributed by atoms with van der Waals surface area (Å²) < 4.78 is 27.2. The van der Waals surface area contributed by atoms with Crippen molar-refractivity contribution in [3.05, 3.63) is 35.4 Å². The lowest BCUT2D eigenvalue weighted by atomic mass is 10.0. The van der Waals surface area contributed by atoms with Crippen molar-refractivity contribution in [2.24, 2.45) is 4.99 Å². The molecule has 0 saturated carbocycles. The van der Waals surface area contributed by atoms with E-state index in [0.717, 1.165) is 0 Å². The van der Waals surface area contributed by atoms with Crippen LogP contribution in [0.25, 0.3) is 0 Å². The lowest BCUT2D eigenvalue weighted by molar-refractivity contribution is 0.154. The van der Waals surface area contributed by atoms with Gasteiger partial charge in [-0.25, -0.2) is 8.42 Å². The van der Waals surface area contributed by atoms with Crippen molar-refractivity contribution in [3.8, 4) is 0 Å². The smallest absolute Gasteiger partial charge is 0.191 e. The second-order valence-electron chi connectivity index (χ2n) is 5.46. The highest BCUT2D eigenvalue weighted by atomic mass is 32.2. The van der Waals surface area contributed by atoms with E-state index in [9.17, 15) is 8.42 Å². The molecule has 0 saturated heterocycles. The predicted octanol–water partition coefficient (Wildman–Crippen LogP) is 1.28. The molecule has 23 heavy (non-hydrogen) atoms. The Morgan fingerprint density at radius 3 is 2.61 bits per heavy atom. The third-order valence-electron chi connectivity index (χ3n) is 3.37. The minimum Gasteiger partial charge on any atom is -0.379 e. The van der Waals surface area contributed by atoms with Gasteiger partial charge < -0.3 is 15.4 Å². The fourth-order valence-electron chi connectivity index (χ4n) is 2.10. The van der Waals surface area contributed by atoms with Gasteiger partial charge in [0.05, 0.1) is 25.0 Å². The van der Waals surface area contributed by atoms with Crippen LogP contribution in [0.4, 0.5) is 0 Å². The van der Waals surface area contributed by atoms with Crippen LogP contribution in [0.1, 0.15) is 24.1 Å². The second kappa shape index (κ2) is 9.52. The molecule has 1 unspecified atom stereocenters. The predicted molar refractivity (Wildman–Crippen MR) is 94.6 cm³/mol. The molecule has 1 atom stereocenters. The first-order chi connectivity index (χ1) is 10.8. The molecule has 0 radical (unpaired) electrons. The molecule has 0 heterocycles. The van der Waals surface area contributed by atoms with Crippen LogP contribution in [0, 0.1) is 6.92 Å². The van der Waals surface area contributed by atoms with E-state index in [0.29, 0.717) is 19.1 Å². The van der Waals surface area contributed by atoms with Gasteiger partial charge in [-0.15, -0.1) is 0 Å². The summed E-state index contributed by atoms with van der Waals surface area (Å²) in [5.74, 6) is 0.733. The number of rotatable bonds is 8. The van der Waals surface area contributed by atoms with Crippen LogP contribution in [0.15, 0.2) is 29.3 Å². The van der Waals surface area contributed by atoms with Crippen molar-refractivity contribution < 1.29 is 13.2 Å². The number of hydrogen-bond acceptors (Lipinski definition) is 4. The Hall–Kier alpha value is -1.60. The Morgan fingerprint density at radius 2 is 2.00 bits per heavy atom. The molecule has 1 rings (SSSR count). The Morgan fingerprint density at radius 1 is 1.30 bits per heavy atom. The van der Waals surface area contributed by atoms with E-state index in [-0.39, 0.29) is 18.4 Å². The number of nitrogens with zero attached hydrogens (tertiary/aromatic N) is 1. The van der Waals surface area contributed by atoms with Gasteiger partial charge in [0.15, 0.2) is 5.96 Å². The molecule has 0 aromatic heterocycles. The van der Waals surface area contributed by atoms with Crippen molar-refractivity contribution >= 4 is 15.8 Å². The fourth-order valence-corrected chi connectivity index (χ4v) is 2.52. The van der Waals surface area contributed by atoms with Crippen LogP contribution in [-0.2, 0) is 14.6 Å². The minimum atomic E-state index is -2.96. The number of aliphatic imine (C=N–C) groups is 1. The number of sulfone groups is 1. The molecule has 7 heteroatoms. The summed E-state index contributed by atoms with van der Waals surface area (Å²) in [6.07, 6.45) is 1.20. The molecule has 0 aliphatic heterocycles. The van der Waals surface area contributed by atoms with Gasteiger partial charge in [-0.05, 0) is 25.0 Å². The van der Waals surface area contributed by atoms with E-state index >= 15 is 0 Å². The lowest BCUT2D eigenvalue weighted by Crippen LogP contribution is -2.40. The highest BCUT2D eigenvalue weighted by molar-refractivity contribution is 7.90. The number of hydrogen-bond donors (Lipinski definition) is 2. The quantitative estimate of drug-likeness (QED) is 0.423. The monoisotopic (exact) mass is 341 g/mol. The van der Waals surface area contributed by atoms with Crippen molar-refractivity contribution in [2.45, 2.75) is 19.9 Å². The van der Waals surface area contributed by atoms with Gasteiger partial charge in [-0.3, -0.25) is 4.99 Å². The molecule has 0 aliphatic rings. The molecule has 1 aromatic carbocycles. The van der Waals surface area contributed by atoms with E-state index in [2.05, 4.69) is 41.6 Å². The molecule has 0 aliphatic carbocycles. The van der Waals surface area contributed by atoms with Crippen LogP contribution in [0.3, 0.4) is 0 Å². The van der Waals surface area contributed by atoms with E-state index in [4.69, 9.17) is 4.74 Å². The molecular weight excluding hydrogens is 314 g/mol. The average Bonchev–Trinajstić information content (AvgIpc) is 2.48. The SMILES string of the molecule is CN=C(NCCOCCS(C)(=O)=O)NC(C)c1ccccc1C. The van der Waals surface area contributed by atoms with Gasteiger partial charge in [0, 0.05) is 19.8 Å². The summed E-state index contributed by atoms with van der Waals surface area (Å²) in [6, 6.07) is 8.35. The summed E-state index contributed by atoms with van der Waals surface area (Å²) in [7, 11) is -1.25. The molecule has 0 spiro atoms. The topological polar surface area (TPSA) is 79.8 Å². The van der Waals surface area contributed by atoms with E-state index < -0.39 is 9.84 Å². The van der Waals surface area contributed by atoms with Gasteiger partial charge in [0.2, 0.25) is 0 Å². The van der Waals surface area contributed by atoms with Gasteiger partial charge in [-0.1, -0.05) is 24.3 Å². The van der Waals surface area contributed by atoms with Crippen molar-refractivity contribution in [3.63, 3.8) is 0 Å². The lowest BCUT2D eigenvalue weighted by Gasteiger charge is -2.19. The Bertz CT molecular complexity index is 615. The van der Waals surface area contributed by atoms with E-state index in [1.807, 2.05) is 12.1 Å². The Balaban J connectivity index is 2.34. The summed E-state index contributed by atoms with van der Waals surface area (Å²) in [4.78, 5) is 4.18. The first-order valence-corrected chi connectivity index (χ1v) is 9.67. The van der Waals surface area contributed by atoms with Crippen LogP contribution < -0.4 is 10.6 Å². The molecular formula is C16H27N3O3S. The molecule has 0 fully saturated rings. The third kappa shape index (κ3) is 7.99. The van der Waals surface area contributed by atoms with Gasteiger partial charge >= 0.3 is 0 Å². The zero-order valence-electron chi connectivity index (χ0n) is 14.3. The normalized spacial score (nSPS) is 13.7. The van der Waals surface area contributed by atoms with E-state index in [1.165, 1.54) is 17.4 Å². The number of ether oxygens (including phenoxy) is 1. The molecule has 2 N–H and O–H groups in total.